The van der Waals surface area contributed by atoms with Gasteiger partial charge in [0.2, 0.25) is 0 Å². The summed E-state index contributed by atoms with van der Waals surface area (Å²) in [6.07, 6.45) is 2.84. The van der Waals surface area contributed by atoms with Crippen LogP contribution in [0.25, 0.3) is 11.1 Å². The predicted octanol–water partition coefficient (Wildman–Crippen LogP) is 1.81. The Labute approximate surface area is 121 Å². The van der Waals surface area contributed by atoms with E-state index in [-0.39, 0.29) is 5.91 Å². The van der Waals surface area contributed by atoms with Crippen LogP contribution in [0.4, 0.5) is 0 Å². The van der Waals surface area contributed by atoms with Crippen molar-refractivity contribution in [1.29, 1.82) is 0 Å². The Bertz CT molecular complexity index is 665. The molecule has 2 fully saturated rings. The molecule has 6 nitrogen and oxygen atoms in total. The fourth-order valence-electron chi connectivity index (χ4n) is 3.01. The summed E-state index contributed by atoms with van der Waals surface area (Å²) in [6.45, 7) is 2.59. The summed E-state index contributed by atoms with van der Waals surface area (Å²) in [6, 6.07) is 5.35. The fraction of sp³-hybridized carbons (Fsp3) is 0.467. The molecular formula is C15H16N2O4. The zero-order valence-corrected chi connectivity index (χ0v) is 11.6. The Morgan fingerprint density at radius 2 is 1.95 bits per heavy atom. The highest BCUT2D eigenvalue weighted by Crippen LogP contribution is 2.31. The summed E-state index contributed by atoms with van der Waals surface area (Å²) < 4.78 is 16.6. The first-order valence-electron chi connectivity index (χ1n) is 7.16. The lowest BCUT2D eigenvalue weighted by Crippen LogP contribution is -2.47. The van der Waals surface area contributed by atoms with Gasteiger partial charge in [-0.3, -0.25) is 4.79 Å². The number of hydrogen-bond acceptors (Lipinski definition) is 5. The van der Waals surface area contributed by atoms with E-state index in [0.29, 0.717) is 37.4 Å². The van der Waals surface area contributed by atoms with Gasteiger partial charge in [-0.1, -0.05) is 0 Å². The summed E-state index contributed by atoms with van der Waals surface area (Å²) >= 11 is 0. The van der Waals surface area contributed by atoms with Crippen molar-refractivity contribution in [2.24, 2.45) is 0 Å². The van der Waals surface area contributed by atoms with Crippen LogP contribution >= 0.6 is 0 Å². The molecule has 1 aromatic heterocycles. The van der Waals surface area contributed by atoms with Gasteiger partial charge in [-0.25, -0.2) is 4.98 Å². The number of carbonyl (C=O) groups is 1. The van der Waals surface area contributed by atoms with Gasteiger partial charge in [0, 0.05) is 31.5 Å². The number of rotatable bonds is 1. The highest BCUT2D eigenvalue weighted by atomic mass is 16.7. The molecule has 0 aliphatic carbocycles. The number of fused-ring (bicyclic) bond motifs is 1. The lowest BCUT2D eigenvalue weighted by Gasteiger charge is -2.37. The highest BCUT2D eigenvalue weighted by Gasteiger charge is 2.40. The van der Waals surface area contributed by atoms with Crippen LogP contribution in [0.15, 0.2) is 29.0 Å². The van der Waals surface area contributed by atoms with E-state index in [4.69, 9.17) is 13.9 Å². The fourth-order valence-corrected chi connectivity index (χ4v) is 3.01. The smallest absolute Gasteiger partial charge is 0.253 e. The van der Waals surface area contributed by atoms with Gasteiger partial charge in [0.1, 0.15) is 5.52 Å². The van der Waals surface area contributed by atoms with E-state index in [1.165, 1.54) is 6.39 Å². The van der Waals surface area contributed by atoms with Crippen LogP contribution in [-0.2, 0) is 9.47 Å². The quantitative estimate of drug-likeness (QED) is 0.800. The van der Waals surface area contributed by atoms with Crippen molar-refractivity contribution in [2.75, 3.05) is 26.3 Å². The second kappa shape index (κ2) is 4.82. The number of aromatic nitrogens is 1. The number of likely N-dealkylation sites (tertiary alicyclic amines) is 1. The van der Waals surface area contributed by atoms with E-state index in [1.54, 1.807) is 18.2 Å². The molecule has 1 aromatic carbocycles. The van der Waals surface area contributed by atoms with Gasteiger partial charge in [0.05, 0.1) is 13.2 Å². The van der Waals surface area contributed by atoms with Crippen LogP contribution in [0.2, 0.25) is 0 Å². The molecule has 0 radical (unpaired) electrons. The molecule has 0 atom stereocenters. The zero-order valence-electron chi connectivity index (χ0n) is 11.6. The molecule has 1 spiro atoms. The molecule has 110 valence electrons. The molecule has 2 aliphatic rings. The Hall–Kier alpha value is -1.92. The minimum Gasteiger partial charge on any atom is -0.443 e. The first-order chi connectivity index (χ1) is 10.3. The molecule has 2 aliphatic heterocycles. The van der Waals surface area contributed by atoms with Gasteiger partial charge in [0.25, 0.3) is 5.91 Å². The Morgan fingerprint density at radius 1 is 1.19 bits per heavy atom. The van der Waals surface area contributed by atoms with E-state index >= 15 is 0 Å². The van der Waals surface area contributed by atoms with Crippen LogP contribution in [0.1, 0.15) is 23.2 Å². The first-order valence-corrected chi connectivity index (χ1v) is 7.16. The molecule has 0 bridgehead atoms. The lowest BCUT2D eigenvalue weighted by atomic mass is 10.0. The van der Waals surface area contributed by atoms with Crippen LogP contribution in [0.5, 0.6) is 0 Å². The lowest BCUT2D eigenvalue weighted by molar-refractivity contribution is -0.181. The number of hydrogen-bond donors (Lipinski definition) is 0. The average molecular weight is 288 g/mol. The first kappa shape index (κ1) is 12.8. The third kappa shape index (κ3) is 2.20. The monoisotopic (exact) mass is 288 g/mol. The van der Waals surface area contributed by atoms with Crippen molar-refractivity contribution in [3.05, 3.63) is 30.2 Å². The molecule has 4 rings (SSSR count). The summed E-state index contributed by atoms with van der Waals surface area (Å²) in [7, 11) is 0. The standard InChI is InChI=1S/C15H16N2O4/c18-14(11-1-2-12-13(9-11)19-10-16-12)17-5-3-15(4-6-17)20-7-8-21-15/h1-2,9-10H,3-8H2. The number of ether oxygens (including phenoxy) is 2. The molecule has 2 aromatic rings. The minimum absolute atomic E-state index is 0.0150. The zero-order chi connectivity index (χ0) is 14.3. The van der Waals surface area contributed by atoms with Crippen LogP contribution < -0.4 is 0 Å². The molecule has 6 heteroatoms. The van der Waals surface area contributed by atoms with Crippen molar-refractivity contribution in [1.82, 2.24) is 9.88 Å². The second-order valence-electron chi connectivity index (χ2n) is 5.43. The molecule has 0 unspecified atom stereocenters. The van der Waals surface area contributed by atoms with E-state index < -0.39 is 5.79 Å². The van der Waals surface area contributed by atoms with Gasteiger partial charge < -0.3 is 18.8 Å². The molecule has 2 saturated heterocycles. The molecule has 21 heavy (non-hydrogen) atoms. The molecule has 0 saturated carbocycles. The maximum atomic E-state index is 12.6. The van der Waals surface area contributed by atoms with Gasteiger partial charge in [-0.2, -0.15) is 0 Å². The van der Waals surface area contributed by atoms with Crippen LogP contribution in [0.3, 0.4) is 0 Å². The Morgan fingerprint density at radius 3 is 2.71 bits per heavy atom. The average Bonchev–Trinajstić information content (AvgIpc) is 3.16. The SMILES string of the molecule is O=C(c1ccc2ncoc2c1)N1CCC2(CC1)OCCO2. The summed E-state index contributed by atoms with van der Waals surface area (Å²) in [5.41, 5.74) is 2.03. The van der Waals surface area contributed by atoms with Crippen LogP contribution in [-0.4, -0.2) is 47.9 Å². The summed E-state index contributed by atoms with van der Waals surface area (Å²) in [5.74, 6) is -0.438. The van der Waals surface area contributed by atoms with Crippen molar-refractivity contribution in [2.45, 2.75) is 18.6 Å². The number of benzene rings is 1. The second-order valence-corrected chi connectivity index (χ2v) is 5.43. The van der Waals surface area contributed by atoms with Crippen molar-refractivity contribution in [3.8, 4) is 0 Å². The predicted molar refractivity (Wildman–Crippen MR) is 73.8 cm³/mol. The van der Waals surface area contributed by atoms with E-state index in [0.717, 1.165) is 18.4 Å². The van der Waals surface area contributed by atoms with Gasteiger partial charge in [0.15, 0.2) is 17.8 Å². The van der Waals surface area contributed by atoms with Crippen molar-refractivity contribution < 1.29 is 18.7 Å². The molecular weight excluding hydrogens is 272 g/mol. The normalized spacial score (nSPS) is 21.2. The third-order valence-electron chi connectivity index (χ3n) is 4.20. The van der Waals surface area contributed by atoms with E-state index in [2.05, 4.69) is 4.98 Å². The largest absolute Gasteiger partial charge is 0.443 e. The molecule has 3 heterocycles. The van der Waals surface area contributed by atoms with Crippen molar-refractivity contribution in [3.63, 3.8) is 0 Å². The summed E-state index contributed by atoms with van der Waals surface area (Å²) in [4.78, 5) is 18.4. The number of carbonyl (C=O) groups excluding carboxylic acids is 1. The third-order valence-corrected chi connectivity index (χ3v) is 4.20. The Kier molecular flexibility index (Phi) is 2.94. The maximum Gasteiger partial charge on any atom is 0.253 e. The van der Waals surface area contributed by atoms with E-state index in [1.807, 2.05) is 4.90 Å². The minimum atomic E-state index is -0.453. The van der Waals surface area contributed by atoms with Gasteiger partial charge >= 0.3 is 0 Å². The number of nitrogens with zero attached hydrogens (tertiary/aromatic N) is 2. The van der Waals surface area contributed by atoms with E-state index in [9.17, 15) is 4.79 Å². The van der Waals surface area contributed by atoms with Crippen molar-refractivity contribution >= 4 is 17.0 Å². The maximum absolute atomic E-state index is 12.6. The number of oxazole rings is 1. The Balaban J connectivity index is 1.50. The topological polar surface area (TPSA) is 64.8 Å². The summed E-state index contributed by atoms with van der Waals surface area (Å²) in [5, 5.41) is 0. The molecule has 0 N–H and O–H groups in total. The molecule has 1 amide bonds. The van der Waals surface area contributed by atoms with Gasteiger partial charge in [-0.15, -0.1) is 0 Å². The number of amides is 1. The van der Waals surface area contributed by atoms with Crippen LogP contribution in [0, 0.1) is 0 Å². The number of piperidine rings is 1. The highest BCUT2D eigenvalue weighted by molar-refractivity contribution is 5.97. The van der Waals surface area contributed by atoms with Gasteiger partial charge in [-0.05, 0) is 18.2 Å².